The number of pyridine rings is 1. The van der Waals surface area contributed by atoms with Gasteiger partial charge < -0.3 is 10.3 Å². The first-order chi connectivity index (χ1) is 16.8. The highest BCUT2D eigenvalue weighted by Crippen LogP contribution is 2.36. The van der Waals surface area contributed by atoms with E-state index in [1.807, 2.05) is 30.5 Å². The number of anilines is 2. The maximum absolute atomic E-state index is 14.3. The minimum Gasteiger partial charge on any atom is -0.361 e. The number of sulfone groups is 1. The number of aromatic amines is 1. The molecular weight excluding hydrogens is 476 g/mol. The van der Waals surface area contributed by atoms with Gasteiger partial charge >= 0.3 is 0 Å². The Morgan fingerprint density at radius 1 is 1.00 bits per heavy atom. The fraction of sp³-hybridized carbons (Fsp3) is 0.125. The van der Waals surface area contributed by atoms with Crippen molar-refractivity contribution >= 4 is 43.4 Å². The second-order valence-electron chi connectivity index (χ2n) is 8.37. The molecule has 2 N–H and O–H groups in total. The topological polar surface area (TPSA) is 110 Å². The molecule has 0 saturated heterocycles. The third-order valence-electron chi connectivity index (χ3n) is 5.93. The average Bonchev–Trinajstić information content (AvgIpc) is 3.54. The van der Waals surface area contributed by atoms with Crippen molar-refractivity contribution in [1.29, 1.82) is 0 Å². The maximum atomic E-state index is 14.3. The average molecular weight is 493 g/mol. The molecule has 1 aliphatic carbocycles. The van der Waals surface area contributed by atoms with E-state index in [2.05, 4.69) is 20.3 Å². The molecule has 0 bridgehead atoms. The van der Waals surface area contributed by atoms with Crippen LogP contribution < -0.4 is 10.9 Å². The SMILES string of the molecule is O=c1c(S(=O)(=O)c2ccc(F)cc2F)cc2cnc(Nc3ccc4[nH]ccc4c3)nc2n1C1CC1. The van der Waals surface area contributed by atoms with Gasteiger partial charge in [0, 0.05) is 46.5 Å². The van der Waals surface area contributed by atoms with Crippen LogP contribution in [-0.2, 0) is 9.84 Å². The van der Waals surface area contributed by atoms with E-state index in [-0.39, 0.29) is 17.6 Å². The quantitative estimate of drug-likeness (QED) is 0.350. The van der Waals surface area contributed by atoms with Crippen molar-refractivity contribution < 1.29 is 17.2 Å². The van der Waals surface area contributed by atoms with Crippen molar-refractivity contribution in [3.8, 4) is 0 Å². The summed E-state index contributed by atoms with van der Waals surface area (Å²) in [5, 5.41) is 4.42. The highest BCUT2D eigenvalue weighted by molar-refractivity contribution is 7.91. The lowest BCUT2D eigenvalue weighted by Crippen LogP contribution is -2.27. The van der Waals surface area contributed by atoms with Gasteiger partial charge in [-0.1, -0.05) is 0 Å². The molecule has 0 amide bonds. The lowest BCUT2D eigenvalue weighted by atomic mass is 10.2. The number of fused-ring (bicyclic) bond motifs is 2. The molecular formula is C24H17F2N5O3S. The molecule has 0 unspecified atom stereocenters. The highest BCUT2D eigenvalue weighted by atomic mass is 32.2. The van der Waals surface area contributed by atoms with Crippen LogP contribution in [0.3, 0.4) is 0 Å². The van der Waals surface area contributed by atoms with Crippen molar-refractivity contribution in [2.24, 2.45) is 0 Å². The number of aromatic nitrogens is 4. The monoisotopic (exact) mass is 493 g/mol. The summed E-state index contributed by atoms with van der Waals surface area (Å²) in [6, 6.07) is 10.6. The molecule has 11 heteroatoms. The summed E-state index contributed by atoms with van der Waals surface area (Å²) in [5.41, 5.74) is 1.19. The molecule has 8 nitrogen and oxygen atoms in total. The third kappa shape index (κ3) is 3.64. The molecule has 3 heterocycles. The van der Waals surface area contributed by atoms with Gasteiger partial charge in [0.15, 0.2) is 0 Å². The number of nitrogens with zero attached hydrogens (tertiary/aromatic N) is 3. The standard InChI is InChI=1S/C24H17F2N5O3S/c25-15-1-6-20(18(26)11-15)35(33,34)21-10-14-12-28-24(30-22(14)31(23(21)32)17-3-4-17)29-16-2-5-19-13(9-16)7-8-27-19/h1-2,5-12,17,27H,3-4H2,(H,28,29,30). The number of H-pyrrole nitrogens is 1. The second kappa shape index (κ2) is 7.70. The van der Waals surface area contributed by atoms with Crippen molar-refractivity contribution in [1.82, 2.24) is 19.5 Å². The van der Waals surface area contributed by atoms with Crippen LogP contribution in [0, 0.1) is 11.6 Å². The van der Waals surface area contributed by atoms with E-state index in [0.29, 0.717) is 24.3 Å². The smallest absolute Gasteiger partial charge is 0.271 e. The molecule has 0 radical (unpaired) electrons. The number of hydrogen-bond donors (Lipinski definition) is 2. The molecule has 2 aromatic carbocycles. The summed E-state index contributed by atoms with van der Waals surface area (Å²) in [4.78, 5) is 23.9. The normalized spacial score (nSPS) is 14.0. The van der Waals surface area contributed by atoms with Gasteiger partial charge in [0.2, 0.25) is 15.8 Å². The Labute approximate surface area is 197 Å². The third-order valence-corrected chi connectivity index (χ3v) is 7.72. The first-order valence-corrected chi connectivity index (χ1v) is 12.3. The summed E-state index contributed by atoms with van der Waals surface area (Å²) in [7, 11) is -4.56. The van der Waals surface area contributed by atoms with Crippen molar-refractivity contribution in [3.05, 3.63) is 82.9 Å². The molecule has 35 heavy (non-hydrogen) atoms. The maximum Gasteiger partial charge on any atom is 0.271 e. The van der Waals surface area contributed by atoms with Gasteiger partial charge in [-0.15, -0.1) is 0 Å². The Morgan fingerprint density at radius 3 is 2.60 bits per heavy atom. The van der Waals surface area contributed by atoms with Crippen molar-refractivity contribution in [3.63, 3.8) is 0 Å². The zero-order valence-electron chi connectivity index (χ0n) is 18.0. The predicted octanol–water partition coefficient (Wildman–Crippen LogP) is 4.46. The number of hydrogen-bond acceptors (Lipinski definition) is 6. The highest BCUT2D eigenvalue weighted by Gasteiger charge is 2.33. The summed E-state index contributed by atoms with van der Waals surface area (Å²) >= 11 is 0. The van der Waals surface area contributed by atoms with E-state index in [1.165, 1.54) is 10.8 Å². The Morgan fingerprint density at radius 2 is 1.83 bits per heavy atom. The first-order valence-electron chi connectivity index (χ1n) is 10.8. The first kappa shape index (κ1) is 21.4. The van der Waals surface area contributed by atoms with Crippen LogP contribution in [0.25, 0.3) is 21.9 Å². The van der Waals surface area contributed by atoms with E-state index in [0.717, 1.165) is 34.8 Å². The van der Waals surface area contributed by atoms with E-state index >= 15 is 0 Å². The molecule has 6 rings (SSSR count). The van der Waals surface area contributed by atoms with Gasteiger partial charge in [-0.05, 0) is 55.3 Å². The van der Waals surface area contributed by atoms with Gasteiger partial charge in [-0.25, -0.2) is 22.2 Å². The van der Waals surface area contributed by atoms with Gasteiger partial charge in [0.1, 0.15) is 27.1 Å². The largest absolute Gasteiger partial charge is 0.361 e. The lowest BCUT2D eigenvalue weighted by Gasteiger charge is -2.13. The molecule has 5 aromatic rings. The zero-order chi connectivity index (χ0) is 24.3. The minimum atomic E-state index is -4.56. The van der Waals surface area contributed by atoms with Gasteiger partial charge in [-0.3, -0.25) is 9.36 Å². The number of benzene rings is 2. The van der Waals surface area contributed by atoms with Crippen LogP contribution in [-0.4, -0.2) is 27.9 Å². The molecule has 0 spiro atoms. The van der Waals surface area contributed by atoms with Crippen molar-refractivity contribution in [2.45, 2.75) is 28.7 Å². The lowest BCUT2D eigenvalue weighted by molar-refractivity contribution is 0.548. The van der Waals surface area contributed by atoms with Crippen LogP contribution in [0.2, 0.25) is 0 Å². The Hall–Kier alpha value is -4.12. The molecule has 0 atom stereocenters. The molecule has 176 valence electrons. The minimum absolute atomic E-state index is 0.225. The Balaban J connectivity index is 1.48. The predicted molar refractivity (Wildman–Crippen MR) is 125 cm³/mol. The second-order valence-corrected chi connectivity index (χ2v) is 10.3. The summed E-state index contributed by atoms with van der Waals surface area (Å²) in [6.45, 7) is 0. The van der Waals surface area contributed by atoms with Gasteiger partial charge in [0.25, 0.3) is 5.56 Å². The van der Waals surface area contributed by atoms with Crippen LogP contribution in [0.15, 0.2) is 75.5 Å². The van der Waals surface area contributed by atoms with Crippen molar-refractivity contribution in [2.75, 3.05) is 5.32 Å². The fourth-order valence-electron chi connectivity index (χ4n) is 4.09. The summed E-state index contributed by atoms with van der Waals surface area (Å²) < 4.78 is 55.4. The number of rotatable bonds is 5. The summed E-state index contributed by atoms with van der Waals surface area (Å²) in [5.74, 6) is -1.95. The van der Waals surface area contributed by atoms with Crippen LogP contribution in [0.4, 0.5) is 20.4 Å². The van der Waals surface area contributed by atoms with E-state index in [4.69, 9.17) is 0 Å². The fourth-order valence-corrected chi connectivity index (χ4v) is 5.50. The number of halogens is 2. The zero-order valence-corrected chi connectivity index (χ0v) is 18.8. The van der Waals surface area contributed by atoms with E-state index < -0.39 is 36.8 Å². The van der Waals surface area contributed by atoms with E-state index in [9.17, 15) is 22.0 Å². The van der Waals surface area contributed by atoms with Crippen LogP contribution >= 0.6 is 0 Å². The molecule has 3 aromatic heterocycles. The molecule has 1 fully saturated rings. The summed E-state index contributed by atoms with van der Waals surface area (Å²) in [6.07, 6.45) is 4.61. The number of nitrogens with one attached hydrogen (secondary N) is 2. The molecule has 1 saturated carbocycles. The van der Waals surface area contributed by atoms with Gasteiger partial charge in [-0.2, -0.15) is 4.98 Å². The Kier molecular flexibility index (Phi) is 4.71. The Bertz CT molecular complexity index is 1810. The van der Waals surface area contributed by atoms with Gasteiger partial charge in [0.05, 0.1) is 0 Å². The molecule has 1 aliphatic rings. The van der Waals surface area contributed by atoms with Crippen LogP contribution in [0.5, 0.6) is 0 Å². The van der Waals surface area contributed by atoms with Crippen LogP contribution in [0.1, 0.15) is 18.9 Å². The molecule has 0 aliphatic heterocycles. The van der Waals surface area contributed by atoms with E-state index in [1.54, 1.807) is 0 Å².